The molecule has 2 aromatic rings. The van der Waals surface area contributed by atoms with Crippen LogP contribution in [0.4, 0.5) is 0 Å². The fraction of sp³-hybridized carbons (Fsp3) is 0.526. The van der Waals surface area contributed by atoms with Crippen LogP contribution in [0.25, 0.3) is 0 Å². The van der Waals surface area contributed by atoms with Gasteiger partial charge in [-0.15, -0.1) is 0 Å². The molecule has 0 radical (unpaired) electrons. The molecule has 0 fully saturated rings. The van der Waals surface area contributed by atoms with Crippen LogP contribution in [0.3, 0.4) is 0 Å². The monoisotopic (exact) mass is 344 g/mol. The molecule has 0 aliphatic heterocycles. The first-order valence-corrected chi connectivity index (χ1v) is 8.92. The van der Waals surface area contributed by atoms with E-state index in [2.05, 4.69) is 29.2 Å². The van der Waals surface area contributed by atoms with Crippen LogP contribution < -0.4 is 5.32 Å². The van der Waals surface area contributed by atoms with Gasteiger partial charge in [0.1, 0.15) is 0 Å². The van der Waals surface area contributed by atoms with E-state index in [1.54, 1.807) is 18.6 Å². The van der Waals surface area contributed by atoms with Gasteiger partial charge in [-0.25, -0.2) is 0 Å². The zero-order chi connectivity index (χ0) is 18.2. The topological polar surface area (TPSA) is 80.0 Å². The SMILES string of the molecule is CCC(CC)n1ncc(C(=O)NC[C@@H](CO)Cc2cccnc2)c1C. The van der Waals surface area contributed by atoms with Crippen molar-refractivity contribution in [1.29, 1.82) is 0 Å². The number of pyridine rings is 1. The van der Waals surface area contributed by atoms with Gasteiger partial charge in [0.25, 0.3) is 5.91 Å². The molecule has 25 heavy (non-hydrogen) atoms. The molecule has 6 nitrogen and oxygen atoms in total. The first kappa shape index (κ1) is 19.1. The van der Waals surface area contributed by atoms with Gasteiger partial charge in [0.15, 0.2) is 0 Å². The normalized spacial score (nSPS) is 12.4. The molecule has 0 bridgehead atoms. The van der Waals surface area contributed by atoms with Crippen LogP contribution in [0.2, 0.25) is 0 Å². The van der Waals surface area contributed by atoms with E-state index in [0.717, 1.165) is 24.1 Å². The number of rotatable bonds is 9. The smallest absolute Gasteiger partial charge is 0.254 e. The molecule has 6 heteroatoms. The third kappa shape index (κ3) is 4.89. The molecule has 0 saturated carbocycles. The number of carbonyl (C=O) groups excluding carboxylic acids is 1. The lowest BCUT2D eigenvalue weighted by Crippen LogP contribution is -2.32. The van der Waals surface area contributed by atoms with Crippen molar-refractivity contribution in [1.82, 2.24) is 20.1 Å². The Labute approximate surface area is 149 Å². The Morgan fingerprint density at radius 1 is 1.32 bits per heavy atom. The average molecular weight is 344 g/mol. The molecule has 0 aliphatic carbocycles. The molecule has 1 atom stereocenters. The highest BCUT2D eigenvalue weighted by atomic mass is 16.3. The van der Waals surface area contributed by atoms with E-state index in [1.165, 1.54) is 0 Å². The van der Waals surface area contributed by atoms with Crippen LogP contribution >= 0.6 is 0 Å². The summed E-state index contributed by atoms with van der Waals surface area (Å²) < 4.78 is 1.94. The van der Waals surface area contributed by atoms with Gasteiger partial charge in [-0.2, -0.15) is 5.10 Å². The minimum absolute atomic E-state index is 0.0150. The fourth-order valence-electron chi connectivity index (χ4n) is 3.03. The maximum Gasteiger partial charge on any atom is 0.254 e. The van der Waals surface area contributed by atoms with Gasteiger partial charge in [-0.1, -0.05) is 19.9 Å². The standard InChI is InChI=1S/C19H28N4O2/c1-4-17(5-2)23-14(3)18(12-22-23)19(25)21-11-16(13-24)9-15-7-6-8-20-10-15/h6-8,10,12,16-17,24H,4-5,9,11,13H2,1-3H3,(H,21,25)/t16-/m0/s1. The zero-order valence-corrected chi connectivity index (χ0v) is 15.3. The van der Waals surface area contributed by atoms with Crippen molar-refractivity contribution in [3.8, 4) is 0 Å². The molecule has 2 heterocycles. The molecule has 0 unspecified atom stereocenters. The first-order chi connectivity index (χ1) is 12.1. The van der Waals surface area contributed by atoms with Crippen LogP contribution in [0.15, 0.2) is 30.7 Å². The Hall–Kier alpha value is -2.21. The summed E-state index contributed by atoms with van der Waals surface area (Å²) >= 11 is 0. The maximum absolute atomic E-state index is 12.5. The lowest BCUT2D eigenvalue weighted by Gasteiger charge is -2.16. The predicted molar refractivity (Wildman–Crippen MR) is 97.4 cm³/mol. The second-order valence-corrected chi connectivity index (χ2v) is 6.38. The van der Waals surface area contributed by atoms with Crippen molar-refractivity contribution in [2.45, 2.75) is 46.1 Å². The van der Waals surface area contributed by atoms with Gasteiger partial charge in [0.05, 0.1) is 17.8 Å². The third-order valence-electron chi connectivity index (χ3n) is 4.63. The van der Waals surface area contributed by atoms with E-state index in [9.17, 15) is 9.90 Å². The lowest BCUT2D eigenvalue weighted by atomic mass is 10.0. The van der Waals surface area contributed by atoms with Gasteiger partial charge < -0.3 is 10.4 Å². The summed E-state index contributed by atoms with van der Waals surface area (Å²) in [5, 5.41) is 16.9. The number of aliphatic hydroxyl groups excluding tert-OH is 1. The largest absolute Gasteiger partial charge is 0.396 e. The molecule has 2 rings (SSSR count). The van der Waals surface area contributed by atoms with Gasteiger partial charge in [-0.05, 0) is 37.8 Å². The molecule has 2 aromatic heterocycles. The second-order valence-electron chi connectivity index (χ2n) is 6.38. The quantitative estimate of drug-likeness (QED) is 0.732. The second kappa shape index (κ2) is 9.32. The predicted octanol–water partition coefficient (Wildman–Crippen LogP) is 2.53. The van der Waals surface area contributed by atoms with E-state index in [0.29, 0.717) is 24.6 Å². The number of aliphatic hydroxyl groups is 1. The number of amides is 1. The number of hydrogen-bond acceptors (Lipinski definition) is 4. The highest BCUT2D eigenvalue weighted by Gasteiger charge is 2.19. The fourth-order valence-corrected chi connectivity index (χ4v) is 3.03. The highest BCUT2D eigenvalue weighted by molar-refractivity contribution is 5.95. The zero-order valence-electron chi connectivity index (χ0n) is 15.3. The Balaban J connectivity index is 1.97. The Morgan fingerprint density at radius 3 is 2.68 bits per heavy atom. The van der Waals surface area contributed by atoms with Crippen LogP contribution in [0.1, 0.15) is 54.3 Å². The Bertz CT molecular complexity index is 665. The number of carbonyl (C=O) groups is 1. The van der Waals surface area contributed by atoms with Crippen LogP contribution in [-0.2, 0) is 6.42 Å². The van der Waals surface area contributed by atoms with E-state index in [1.807, 2.05) is 23.7 Å². The highest BCUT2D eigenvalue weighted by Crippen LogP contribution is 2.19. The lowest BCUT2D eigenvalue weighted by molar-refractivity contribution is 0.0939. The minimum Gasteiger partial charge on any atom is -0.396 e. The van der Waals surface area contributed by atoms with Crippen molar-refractivity contribution >= 4 is 5.91 Å². The van der Waals surface area contributed by atoms with Crippen molar-refractivity contribution in [3.05, 3.63) is 47.5 Å². The van der Waals surface area contributed by atoms with Crippen LogP contribution in [0.5, 0.6) is 0 Å². The number of hydrogen-bond donors (Lipinski definition) is 2. The van der Waals surface area contributed by atoms with Crippen LogP contribution in [-0.4, -0.2) is 38.9 Å². The van der Waals surface area contributed by atoms with Gasteiger partial charge in [-0.3, -0.25) is 14.5 Å². The van der Waals surface area contributed by atoms with E-state index < -0.39 is 0 Å². The van der Waals surface area contributed by atoms with Crippen molar-refractivity contribution in [3.63, 3.8) is 0 Å². The van der Waals surface area contributed by atoms with Crippen molar-refractivity contribution < 1.29 is 9.90 Å². The van der Waals surface area contributed by atoms with Crippen molar-refractivity contribution in [2.75, 3.05) is 13.2 Å². The Kier molecular flexibility index (Phi) is 7.13. The van der Waals surface area contributed by atoms with Gasteiger partial charge in [0.2, 0.25) is 0 Å². The summed E-state index contributed by atoms with van der Waals surface area (Å²) in [4.78, 5) is 16.6. The van der Waals surface area contributed by atoms with E-state index in [4.69, 9.17) is 0 Å². The average Bonchev–Trinajstić information content (AvgIpc) is 3.02. The number of nitrogens with zero attached hydrogens (tertiary/aromatic N) is 3. The number of nitrogens with one attached hydrogen (secondary N) is 1. The summed E-state index contributed by atoms with van der Waals surface area (Å²) in [6, 6.07) is 4.16. The molecular formula is C19H28N4O2. The van der Waals surface area contributed by atoms with Crippen LogP contribution in [0, 0.1) is 12.8 Å². The molecular weight excluding hydrogens is 316 g/mol. The van der Waals surface area contributed by atoms with Gasteiger partial charge >= 0.3 is 0 Å². The molecule has 2 N–H and O–H groups in total. The molecule has 0 saturated heterocycles. The Morgan fingerprint density at radius 2 is 2.08 bits per heavy atom. The molecule has 136 valence electrons. The molecule has 1 amide bonds. The summed E-state index contributed by atoms with van der Waals surface area (Å²) in [6.07, 6.45) is 7.79. The van der Waals surface area contributed by atoms with Crippen molar-refractivity contribution in [2.24, 2.45) is 5.92 Å². The minimum atomic E-state index is -0.139. The maximum atomic E-state index is 12.5. The molecule has 0 spiro atoms. The van der Waals surface area contributed by atoms with Gasteiger partial charge in [0, 0.05) is 37.2 Å². The van der Waals surface area contributed by atoms with E-state index >= 15 is 0 Å². The number of aromatic nitrogens is 3. The summed E-state index contributed by atoms with van der Waals surface area (Å²) in [5.74, 6) is -0.179. The molecule has 0 aromatic carbocycles. The summed E-state index contributed by atoms with van der Waals surface area (Å²) in [7, 11) is 0. The third-order valence-corrected chi connectivity index (χ3v) is 4.63. The van der Waals surface area contributed by atoms with E-state index in [-0.39, 0.29) is 18.4 Å². The summed E-state index contributed by atoms with van der Waals surface area (Å²) in [6.45, 7) is 6.61. The first-order valence-electron chi connectivity index (χ1n) is 8.92. The summed E-state index contributed by atoms with van der Waals surface area (Å²) in [5.41, 5.74) is 2.54. The molecule has 0 aliphatic rings.